The lowest BCUT2D eigenvalue weighted by Crippen LogP contribution is -2.43. The van der Waals surface area contributed by atoms with Gasteiger partial charge in [0.15, 0.2) is 0 Å². The predicted molar refractivity (Wildman–Crippen MR) is 126 cm³/mol. The van der Waals surface area contributed by atoms with Crippen molar-refractivity contribution in [1.82, 2.24) is 9.80 Å². The summed E-state index contributed by atoms with van der Waals surface area (Å²) in [6.07, 6.45) is 1.65. The monoisotopic (exact) mass is 478 g/mol. The molecule has 0 aliphatic carbocycles. The van der Waals surface area contributed by atoms with Gasteiger partial charge in [0, 0.05) is 24.9 Å². The van der Waals surface area contributed by atoms with Crippen LogP contribution >= 0.6 is 0 Å². The zero-order valence-corrected chi connectivity index (χ0v) is 19.7. The molecule has 0 radical (unpaired) electrons. The van der Waals surface area contributed by atoms with Crippen molar-refractivity contribution in [2.75, 3.05) is 52.5 Å². The van der Waals surface area contributed by atoms with Gasteiger partial charge in [0.2, 0.25) is 11.8 Å². The maximum Gasteiger partial charge on any atom is 0.220 e. The first-order valence-electron chi connectivity index (χ1n) is 12.0. The average molecular weight is 479 g/mol. The van der Waals surface area contributed by atoms with Crippen LogP contribution in [0.2, 0.25) is 0 Å². The summed E-state index contributed by atoms with van der Waals surface area (Å²) in [5.41, 5.74) is 10.7. The van der Waals surface area contributed by atoms with E-state index < -0.39 is 12.2 Å². The molecule has 0 spiro atoms. The van der Waals surface area contributed by atoms with Crippen molar-refractivity contribution in [2.45, 2.75) is 37.9 Å². The molecule has 10 heteroatoms. The number of hydrogen-bond donors (Lipinski definition) is 4. The Morgan fingerprint density at radius 3 is 1.38 bits per heavy atom. The molecule has 0 aromatic heterocycles. The number of nitrogens with two attached hydrogens (primary N) is 2. The van der Waals surface area contributed by atoms with Gasteiger partial charge in [-0.05, 0) is 76.1 Å². The Balaban J connectivity index is 1.30. The van der Waals surface area contributed by atoms with Gasteiger partial charge in [0.1, 0.15) is 36.9 Å². The Labute approximate surface area is 200 Å². The molecule has 10 nitrogen and oxygen atoms in total. The van der Waals surface area contributed by atoms with Gasteiger partial charge in [-0.1, -0.05) is 0 Å². The standard InChI is InChI=1S/C24H38N4O6/c25-23(31)17-5-9-27(10-6-17)13-19(29)15-33-21-1-2-22(4-3-21)34-16-20(30)14-28-11-7-18(8-12-28)24(26)32/h1-4,17-20,29-30H,5-16H2,(H2,25,31)(H2,26,32)/t19-,20-/m1/s1. The molecule has 2 fully saturated rings. The summed E-state index contributed by atoms with van der Waals surface area (Å²) >= 11 is 0. The Morgan fingerprint density at radius 2 is 1.09 bits per heavy atom. The van der Waals surface area contributed by atoms with Crippen LogP contribution in [0.5, 0.6) is 11.5 Å². The van der Waals surface area contributed by atoms with Crippen molar-refractivity contribution in [3.8, 4) is 11.5 Å². The van der Waals surface area contributed by atoms with Crippen molar-refractivity contribution in [3.63, 3.8) is 0 Å². The predicted octanol–water partition coefficient (Wildman–Crippen LogP) is -0.439. The second-order valence-corrected chi connectivity index (χ2v) is 9.36. The third-order valence-electron chi connectivity index (χ3n) is 6.63. The third-order valence-corrected chi connectivity index (χ3v) is 6.63. The summed E-state index contributed by atoms with van der Waals surface area (Å²) in [5.74, 6) is 0.632. The van der Waals surface area contributed by atoms with Crippen LogP contribution in [0, 0.1) is 11.8 Å². The minimum atomic E-state index is -0.635. The topological polar surface area (TPSA) is 152 Å². The highest BCUT2D eigenvalue weighted by Crippen LogP contribution is 2.20. The van der Waals surface area contributed by atoms with Crippen LogP contribution < -0.4 is 20.9 Å². The van der Waals surface area contributed by atoms with Gasteiger partial charge in [-0.3, -0.25) is 9.59 Å². The summed E-state index contributed by atoms with van der Waals surface area (Å²) in [5, 5.41) is 20.6. The molecule has 3 rings (SSSR count). The molecule has 0 saturated carbocycles. The molecule has 2 amide bonds. The number of primary amides is 2. The second-order valence-electron chi connectivity index (χ2n) is 9.36. The molecular formula is C24H38N4O6. The first-order chi connectivity index (χ1) is 16.3. The Hall–Kier alpha value is -2.40. The number of hydrogen-bond acceptors (Lipinski definition) is 8. The van der Waals surface area contributed by atoms with E-state index in [2.05, 4.69) is 9.80 Å². The zero-order chi connectivity index (χ0) is 24.5. The van der Waals surface area contributed by atoms with Gasteiger partial charge < -0.3 is 41.0 Å². The number of ether oxygens (including phenoxy) is 2. The molecule has 34 heavy (non-hydrogen) atoms. The van der Waals surface area contributed by atoms with E-state index in [-0.39, 0.29) is 36.9 Å². The minimum Gasteiger partial charge on any atom is -0.491 e. The van der Waals surface area contributed by atoms with E-state index in [0.717, 1.165) is 51.9 Å². The highest BCUT2D eigenvalue weighted by molar-refractivity contribution is 5.77. The number of rotatable bonds is 12. The fourth-order valence-electron chi connectivity index (χ4n) is 4.52. The number of benzene rings is 1. The molecular weight excluding hydrogens is 440 g/mol. The van der Waals surface area contributed by atoms with E-state index in [1.165, 1.54) is 0 Å². The van der Waals surface area contributed by atoms with E-state index in [1.807, 2.05) is 0 Å². The number of carbonyl (C=O) groups is 2. The summed E-state index contributed by atoms with van der Waals surface area (Å²) < 4.78 is 11.4. The maximum absolute atomic E-state index is 11.2. The van der Waals surface area contributed by atoms with Crippen molar-refractivity contribution < 1.29 is 29.3 Å². The number of aliphatic hydroxyl groups is 2. The Bertz CT molecular complexity index is 711. The molecule has 2 saturated heterocycles. The van der Waals surface area contributed by atoms with Crippen LogP contribution in [-0.2, 0) is 9.59 Å². The lowest BCUT2D eigenvalue weighted by molar-refractivity contribution is -0.124. The summed E-state index contributed by atoms with van der Waals surface area (Å²) in [4.78, 5) is 26.7. The molecule has 2 aliphatic rings. The van der Waals surface area contributed by atoms with Gasteiger partial charge in [-0.2, -0.15) is 0 Å². The maximum atomic E-state index is 11.2. The first kappa shape index (κ1) is 26.2. The minimum absolute atomic E-state index is 0.0627. The van der Waals surface area contributed by atoms with E-state index in [4.69, 9.17) is 20.9 Å². The SMILES string of the molecule is NC(=O)C1CCN(C[C@@H](O)COc2ccc(OC[C@H](O)CN3CCC(C(N)=O)CC3)cc2)CC1. The van der Waals surface area contributed by atoms with Gasteiger partial charge >= 0.3 is 0 Å². The fraction of sp³-hybridized carbons (Fsp3) is 0.667. The molecule has 2 aliphatic heterocycles. The lowest BCUT2D eigenvalue weighted by Gasteiger charge is -2.31. The van der Waals surface area contributed by atoms with Crippen LogP contribution in [0.15, 0.2) is 24.3 Å². The molecule has 6 N–H and O–H groups in total. The fourth-order valence-corrected chi connectivity index (χ4v) is 4.52. The van der Waals surface area contributed by atoms with Crippen molar-refractivity contribution in [2.24, 2.45) is 23.3 Å². The van der Waals surface area contributed by atoms with Gasteiger partial charge in [0.25, 0.3) is 0 Å². The highest BCUT2D eigenvalue weighted by atomic mass is 16.5. The van der Waals surface area contributed by atoms with Gasteiger partial charge in [-0.25, -0.2) is 0 Å². The number of piperidine rings is 2. The zero-order valence-electron chi connectivity index (χ0n) is 19.7. The molecule has 190 valence electrons. The van der Waals surface area contributed by atoms with Crippen LogP contribution in [0.1, 0.15) is 25.7 Å². The molecule has 2 atom stereocenters. The summed E-state index contributed by atoms with van der Waals surface area (Å²) in [7, 11) is 0. The van der Waals surface area contributed by atoms with Gasteiger partial charge in [0.05, 0.1) is 0 Å². The van der Waals surface area contributed by atoms with Crippen LogP contribution in [0.25, 0.3) is 0 Å². The van der Waals surface area contributed by atoms with Gasteiger partial charge in [-0.15, -0.1) is 0 Å². The number of carbonyl (C=O) groups excluding carboxylic acids is 2. The van der Waals surface area contributed by atoms with Crippen molar-refractivity contribution >= 4 is 11.8 Å². The molecule has 0 bridgehead atoms. The third kappa shape index (κ3) is 8.43. The Morgan fingerprint density at radius 1 is 0.765 bits per heavy atom. The number of nitrogens with zero attached hydrogens (tertiary/aromatic N) is 2. The Kier molecular flexibility index (Phi) is 9.94. The molecule has 1 aromatic carbocycles. The average Bonchev–Trinajstić information content (AvgIpc) is 2.83. The van der Waals surface area contributed by atoms with Crippen molar-refractivity contribution in [3.05, 3.63) is 24.3 Å². The number of β-amino-alcohol motifs (C(OH)–C–C–N with tert-alkyl or cyclic N) is 2. The number of aliphatic hydroxyl groups excluding tert-OH is 2. The summed E-state index contributed by atoms with van der Waals surface area (Å²) in [6.45, 7) is 4.29. The van der Waals surface area contributed by atoms with Crippen LogP contribution in [-0.4, -0.2) is 96.5 Å². The van der Waals surface area contributed by atoms with E-state index in [9.17, 15) is 19.8 Å². The smallest absolute Gasteiger partial charge is 0.220 e. The molecule has 2 heterocycles. The number of amides is 2. The van der Waals surface area contributed by atoms with Crippen LogP contribution in [0.4, 0.5) is 0 Å². The second kappa shape index (κ2) is 12.9. The molecule has 0 unspecified atom stereocenters. The highest BCUT2D eigenvalue weighted by Gasteiger charge is 2.25. The van der Waals surface area contributed by atoms with E-state index in [1.54, 1.807) is 24.3 Å². The first-order valence-corrected chi connectivity index (χ1v) is 12.0. The largest absolute Gasteiger partial charge is 0.491 e. The lowest BCUT2D eigenvalue weighted by atomic mass is 9.96. The normalized spacial score (nSPS) is 20.5. The van der Waals surface area contributed by atoms with Crippen molar-refractivity contribution in [1.29, 1.82) is 0 Å². The summed E-state index contributed by atoms with van der Waals surface area (Å²) in [6, 6.07) is 7.06. The van der Waals surface area contributed by atoms with E-state index in [0.29, 0.717) is 24.6 Å². The van der Waals surface area contributed by atoms with E-state index >= 15 is 0 Å². The molecule has 1 aromatic rings. The number of likely N-dealkylation sites (tertiary alicyclic amines) is 2. The van der Waals surface area contributed by atoms with Crippen LogP contribution in [0.3, 0.4) is 0 Å². The quantitative estimate of drug-likeness (QED) is 0.316.